The van der Waals surface area contributed by atoms with Crippen LogP contribution >= 0.6 is 0 Å². The summed E-state index contributed by atoms with van der Waals surface area (Å²) in [5.41, 5.74) is 1.81. The van der Waals surface area contributed by atoms with Crippen LogP contribution in [-0.4, -0.2) is 24.5 Å². The molecule has 2 rings (SSSR count). The van der Waals surface area contributed by atoms with Crippen molar-refractivity contribution in [3.8, 4) is 0 Å². The van der Waals surface area contributed by atoms with Crippen molar-refractivity contribution in [2.24, 2.45) is 5.41 Å². The van der Waals surface area contributed by atoms with Gasteiger partial charge in [-0.15, -0.1) is 0 Å². The predicted molar refractivity (Wildman–Crippen MR) is 70.3 cm³/mol. The number of hydrogen-bond acceptors (Lipinski definition) is 1. The van der Waals surface area contributed by atoms with Gasteiger partial charge in [0, 0.05) is 13.1 Å². The van der Waals surface area contributed by atoms with Crippen molar-refractivity contribution in [2.45, 2.75) is 20.3 Å². The summed E-state index contributed by atoms with van der Waals surface area (Å²) in [5, 5.41) is 0. The SMILES string of the molecule is CC1(C)CCN(CC=Cc2ccccc2)C1. The third-order valence-corrected chi connectivity index (χ3v) is 3.23. The van der Waals surface area contributed by atoms with Crippen molar-refractivity contribution in [3.05, 3.63) is 42.0 Å². The highest BCUT2D eigenvalue weighted by atomic mass is 15.1. The fraction of sp³-hybridized carbons (Fsp3) is 0.467. The molecule has 1 aromatic rings. The van der Waals surface area contributed by atoms with Crippen molar-refractivity contribution in [1.82, 2.24) is 4.90 Å². The van der Waals surface area contributed by atoms with Gasteiger partial charge in [-0.2, -0.15) is 0 Å². The van der Waals surface area contributed by atoms with E-state index >= 15 is 0 Å². The van der Waals surface area contributed by atoms with Crippen molar-refractivity contribution >= 4 is 6.08 Å². The minimum absolute atomic E-state index is 0.514. The molecule has 1 heterocycles. The number of hydrogen-bond donors (Lipinski definition) is 0. The second kappa shape index (κ2) is 4.84. The average Bonchev–Trinajstić information content (AvgIpc) is 2.60. The predicted octanol–water partition coefficient (Wildman–Crippen LogP) is 3.43. The molecule has 86 valence electrons. The maximum Gasteiger partial charge on any atom is 0.0166 e. The zero-order chi connectivity index (χ0) is 11.4. The summed E-state index contributed by atoms with van der Waals surface area (Å²) in [6.07, 6.45) is 5.81. The highest BCUT2D eigenvalue weighted by Gasteiger charge is 2.27. The molecule has 0 bridgehead atoms. The van der Waals surface area contributed by atoms with Gasteiger partial charge in [-0.25, -0.2) is 0 Å². The summed E-state index contributed by atoms with van der Waals surface area (Å²) in [4.78, 5) is 2.53. The lowest BCUT2D eigenvalue weighted by Crippen LogP contribution is -2.23. The Bertz CT molecular complexity index is 351. The molecule has 1 aromatic carbocycles. The first-order valence-electron chi connectivity index (χ1n) is 6.10. The summed E-state index contributed by atoms with van der Waals surface area (Å²) < 4.78 is 0. The normalized spacial score (nSPS) is 20.6. The quantitative estimate of drug-likeness (QED) is 0.746. The smallest absolute Gasteiger partial charge is 0.0166 e. The second-order valence-corrected chi connectivity index (χ2v) is 5.46. The second-order valence-electron chi connectivity index (χ2n) is 5.46. The fourth-order valence-corrected chi connectivity index (χ4v) is 2.28. The van der Waals surface area contributed by atoms with Gasteiger partial charge in [0.1, 0.15) is 0 Å². The molecule has 1 aliphatic rings. The lowest BCUT2D eigenvalue weighted by molar-refractivity contribution is 0.315. The number of rotatable bonds is 3. The highest BCUT2D eigenvalue weighted by Crippen LogP contribution is 2.28. The molecule has 0 aliphatic carbocycles. The van der Waals surface area contributed by atoms with Gasteiger partial charge in [-0.3, -0.25) is 4.90 Å². The number of likely N-dealkylation sites (tertiary alicyclic amines) is 1. The molecular formula is C15H21N. The molecule has 1 saturated heterocycles. The van der Waals surface area contributed by atoms with Gasteiger partial charge in [0.15, 0.2) is 0 Å². The van der Waals surface area contributed by atoms with E-state index in [1.807, 2.05) is 0 Å². The van der Waals surface area contributed by atoms with Crippen LogP contribution in [0.4, 0.5) is 0 Å². The lowest BCUT2D eigenvalue weighted by Gasteiger charge is -2.18. The Balaban J connectivity index is 1.82. The summed E-state index contributed by atoms with van der Waals surface area (Å²) in [7, 11) is 0. The molecule has 0 amide bonds. The molecule has 16 heavy (non-hydrogen) atoms. The molecule has 1 nitrogen and oxygen atoms in total. The minimum Gasteiger partial charge on any atom is -0.299 e. The fourth-order valence-electron chi connectivity index (χ4n) is 2.28. The topological polar surface area (TPSA) is 3.24 Å². The Morgan fingerprint density at radius 2 is 2.00 bits per heavy atom. The summed E-state index contributed by atoms with van der Waals surface area (Å²) >= 11 is 0. The van der Waals surface area contributed by atoms with Gasteiger partial charge in [0.05, 0.1) is 0 Å². The minimum atomic E-state index is 0.514. The van der Waals surface area contributed by atoms with Crippen molar-refractivity contribution in [3.63, 3.8) is 0 Å². The molecule has 0 radical (unpaired) electrons. The first kappa shape index (κ1) is 11.4. The lowest BCUT2D eigenvalue weighted by atomic mass is 9.93. The number of benzene rings is 1. The Morgan fingerprint density at radius 3 is 2.62 bits per heavy atom. The molecule has 1 aliphatic heterocycles. The van der Waals surface area contributed by atoms with E-state index in [9.17, 15) is 0 Å². The van der Waals surface area contributed by atoms with Crippen LogP contribution in [0.5, 0.6) is 0 Å². The van der Waals surface area contributed by atoms with Crippen LogP contribution in [-0.2, 0) is 0 Å². The monoisotopic (exact) mass is 215 g/mol. The zero-order valence-electron chi connectivity index (χ0n) is 10.3. The van der Waals surface area contributed by atoms with Crippen molar-refractivity contribution in [1.29, 1.82) is 0 Å². The standard InChI is InChI=1S/C15H21N/c1-15(2)10-12-16(13-15)11-6-9-14-7-4-3-5-8-14/h3-9H,10-13H2,1-2H3. The van der Waals surface area contributed by atoms with Gasteiger partial charge < -0.3 is 0 Å². The van der Waals surface area contributed by atoms with E-state index in [2.05, 4.69) is 61.2 Å². The van der Waals surface area contributed by atoms with Gasteiger partial charge in [0.25, 0.3) is 0 Å². The van der Waals surface area contributed by atoms with E-state index in [0.717, 1.165) is 6.54 Å². The molecule has 0 saturated carbocycles. The van der Waals surface area contributed by atoms with Crippen molar-refractivity contribution in [2.75, 3.05) is 19.6 Å². The van der Waals surface area contributed by atoms with E-state index in [0.29, 0.717) is 5.41 Å². The van der Waals surface area contributed by atoms with Crippen LogP contribution in [0.15, 0.2) is 36.4 Å². The summed E-state index contributed by atoms with van der Waals surface area (Å²) in [6.45, 7) is 8.26. The molecule has 0 atom stereocenters. The summed E-state index contributed by atoms with van der Waals surface area (Å²) in [5.74, 6) is 0. The molecule has 1 heteroatoms. The Morgan fingerprint density at radius 1 is 1.25 bits per heavy atom. The third-order valence-electron chi connectivity index (χ3n) is 3.23. The van der Waals surface area contributed by atoms with Crippen LogP contribution in [0.25, 0.3) is 6.08 Å². The van der Waals surface area contributed by atoms with Crippen LogP contribution in [0.3, 0.4) is 0 Å². The number of nitrogens with zero attached hydrogens (tertiary/aromatic N) is 1. The first-order valence-corrected chi connectivity index (χ1v) is 6.10. The highest BCUT2D eigenvalue weighted by molar-refractivity contribution is 5.48. The first-order chi connectivity index (χ1) is 7.66. The Kier molecular flexibility index (Phi) is 3.45. The van der Waals surface area contributed by atoms with E-state index in [4.69, 9.17) is 0 Å². The van der Waals surface area contributed by atoms with E-state index in [-0.39, 0.29) is 0 Å². The Hall–Kier alpha value is -1.08. The molecule has 0 spiro atoms. The maximum absolute atomic E-state index is 2.53. The molecule has 0 aromatic heterocycles. The van der Waals surface area contributed by atoms with Gasteiger partial charge >= 0.3 is 0 Å². The van der Waals surface area contributed by atoms with E-state index in [1.54, 1.807) is 0 Å². The van der Waals surface area contributed by atoms with Crippen LogP contribution in [0.1, 0.15) is 25.8 Å². The average molecular weight is 215 g/mol. The van der Waals surface area contributed by atoms with Gasteiger partial charge in [-0.1, -0.05) is 56.3 Å². The van der Waals surface area contributed by atoms with Crippen LogP contribution in [0, 0.1) is 5.41 Å². The Labute approximate surface area is 98.8 Å². The van der Waals surface area contributed by atoms with Crippen LogP contribution in [0.2, 0.25) is 0 Å². The van der Waals surface area contributed by atoms with Gasteiger partial charge in [0.2, 0.25) is 0 Å². The maximum atomic E-state index is 2.53. The third kappa shape index (κ3) is 3.21. The molecule has 1 fully saturated rings. The van der Waals surface area contributed by atoms with E-state index in [1.165, 1.54) is 25.1 Å². The molecule has 0 N–H and O–H groups in total. The van der Waals surface area contributed by atoms with Crippen molar-refractivity contribution < 1.29 is 0 Å². The van der Waals surface area contributed by atoms with E-state index < -0.39 is 0 Å². The zero-order valence-corrected chi connectivity index (χ0v) is 10.3. The molecule has 0 unspecified atom stereocenters. The molecular weight excluding hydrogens is 194 g/mol. The summed E-state index contributed by atoms with van der Waals surface area (Å²) in [6, 6.07) is 10.5. The largest absolute Gasteiger partial charge is 0.299 e. The van der Waals surface area contributed by atoms with Gasteiger partial charge in [-0.05, 0) is 23.9 Å². The van der Waals surface area contributed by atoms with Crippen LogP contribution < -0.4 is 0 Å².